The van der Waals surface area contributed by atoms with Crippen molar-refractivity contribution in [2.75, 3.05) is 11.4 Å². The topological polar surface area (TPSA) is 53.3 Å². The predicted octanol–water partition coefficient (Wildman–Crippen LogP) is 3.26. The number of nitrogens with zero attached hydrogens (tertiary/aromatic N) is 2. The number of anilines is 1. The van der Waals surface area contributed by atoms with Crippen LogP contribution in [0.2, 0.25) is 0 Å². The van der Waals surface area contributed by atoms with Crippen LogP contribution in [0.25, 0.3) is 0 Å². The number of ether oxygens (including phenoxy) is 1. The Kier molecular flexibility index (Phi) is 4.33. The number of hydrogen-bond acceptors (Lipinski definition) is 3. The number of nitriles is 1. The van der Waals surface area contributed by atoms with E-state index in [1.807, 2.05) is 25.1 Å². The van der Waals surface area contributed by atoms with E-state index < -0.39 is 11.7 Å². The second-order valence-corrected chi connectivity index (χ2v) is 5.06. The number of carbonyl (C=O) groups excluding carboxylic acids is 1. The van der Waals surface area contributed by atoms with Crippen LogP contribution in [0.3, 0.4) is 0 Å². The van der Waals surface area contributed by atoms with Gasteiger partial charge in [0.1, 0.15) is 12.1 Å². The van der Waals surface area contributed by atoms with E-state index in [9.17, 15) is 4.79 Å². The Balaban J connectivity index is 2.93. The Morgan fingerprint density at radius 3 is 2.33 bits per heavy atom. The molecule has 96 valence electrons. The lowest BCUT2D eigenvalue weighted by atomic mass is 10.2. The Hall–Kier alpha value is -2.02. The minimum atomic E-state index is -0.574. The molecule has 1 rings (SSSR count). The van der Waals surface area contributed by atoms with Crippen molar-refractivity contribution in [1.29, 1.82) is 5.26 Å². The Labute approximate surface area is 108 Å². The van der Waals surface area contributed by atoms with Gasteiger partial charge in [-0.1, -0.05) is 17.7 Å². The zero-order chi connectivity index (χ0) is 13.8. The lowest BCUT2D eigenvalue weighted by Crippen LogP contribution is -2.37. The maximum atomic E-state index is 12.0. The number of rotatable bonds is 2. The van der Waals surface area contributed by atoms with Gasteiger partial charge in [0.05, 0.1) is 6.07 Å². The van der Waals surface area contributed by atoms with Crippen molar-refractivity contribution >= 4 is 11.8 Å². The quantitative estimate of drug-likeness (QED) is 0.752. The van der Waals surface area contributed by atoms with Crippen LogP contribution in [0, 0.1) is 18.3 Å². The van der Waals surface area contributed by atoms with Crippen molar-refractivity contribution in [2.45, 2.75) is 33.3 Å². The SMILES string of the molecule is Cc1ccc(N(CC#N)C(=O)OC(C)(C)C)cc1. The van der Waals surface area contributed by atoms with Crippen molar-refractivity contribution in [2.24, 2.45) is 0 Å². The van der Waals surface area contributed by atoms with Gasteiger partial charge in [0.25, 0.3) is 0 Å². The maximum absolute atomic E-state index is 12.0. The minimum absolute atomic E-state index is 0.0298. The van der Waals surface area contributed by atoms with Crippen LogP contribution in [0.4, 0.5) is 10.5 Å². The van der Waals surface area contributed by atoms with Crippen molar-refractivity contribution in [3.8, 4) is 6.07 Å². The molecule has 4 heteroatoms. The lowest BCUT2D eigenvalue weighted by Gasteiger charge is -2.25. The lowest BCUT2D eigenvalue weighted by molar-refractivity contribution is 0.0585. The van der Waals surface area contributed by atoms with E-state index in [-0.39, 0.29) is 6.54 Å². The van der Waals surface area contributed by atoms with Gasteiger partial charge in [-0.3, -0.25) is 4.90 Å². The molecule has 0 aromatic heterocycles. The molecule has 0 aliphatic carbocycles. The van der Waals surface area contributed by atoms with Gasteiger partial charge in [0.2, 0.25) is 0 Å². The summed E-state index contributed by atoms with van der Waals surface area (Å²) in [5, 5.41) is 8.80. The summed E-state index contributed by atoms with van der Waals surface area (Å²) in [5.41, 5.74) is 1.19. The molecule has 0 heterocycles. The number of benzene rings is 1. The van der Waals surface area contributed by atoms with Crippen molar-refractivity contribution in [3.05, 3.63) is 29.8 Å². The van der Waals surface area contributed by atoms with Gasteiger partial charge in [0.15, 0.2) is 0 Å². The van der Waals surface area contributed by atoms with E-state index in [1.54, 1.807) is 32.9 Å². The fourth-order valence-electron chi connectivity index (χ4n) is 1.37. The molecule has 4 nitrogen and oxygen atoms in total. The molecule has 1 amide bonds. The Morgan fingerprint density at radius 1 is 1.33 bits per heavy atom. The summed E-state index contributed by atoms with van der Waals surface area (Å²) in [7, 11) is 0. The van der Waals surface area contributed by atoms with Gasteiger partial charge in [-0.2, -0.15) is 5.26 Å². The van der Waals surface area contributed by atoms with Crippen LogP contribution in [-0.2, 0) is 4.74 Å². The van der Waals surface area contributed by atoms with E-state index in [2.05, 4.69) is 0 Å². The molecule has 1 aromatic rings. The molecule has 0 aliphatic rings. The van der Waals surface area contributed by atoms with Gasteiger partial charge >= 0.3 is 6.09 Å². The molecule has 1 aromatic carbocycles. The predicted molar refractivity (Wildman–Crippen MR) is 70.4 cm³/mol. The first-order valence-corrected chi connectivity index (χ1v) is 5.77. The first-order chi connectivity index (χ1) is 8.33. The third-order valence-electron chi connectivity index (χ3n) is 2.19. The molecule has 0 spiro atoms. The van der Waals surface area contributed by atoms with Crippen LogP contribution in [0.5, 0.6) is 0 Å². The fourth-order valence-corrected chi connectivity index (χ4v) is 1.37. The van der Waals surface area contributed by atoms with Gasteiger partial charge in [-0.25, -0.2) is 4.79 Å². The highest BCUT2D eigenvalue weighted by Crippen LogP contribution is 2.18. The molecule has 18 heavy (non-hydrogen) atoms. The molecule has 0 radical (unpaired) electrons. The zero-order valence-corrected chi connectivity index (χ0v) is 11.2. The summed E-state index contributed by atoms with van der Waals surface area (Å²) < 4.78 is 5.27. The van der Waals surface area contributed by atoms with Crippen LogP contribution in [-0.4, -0.2) is 18.2 Å². The molecule has 0 bridgehead atoms. The van der Waals surface area contributed by atoms with Gasteiger partial charge < -0.3 is 4.74 Å². The molecule has 0 fully saturated rings. The summed E-state index contributed by atoms with van der Waals surface area (Å²) >= 11 is 0. The van der Waals surface area contributed by atoms with Gasteiger partial charge in [-0.05, 0) is 39.8 Å². The van der Waals surface area contributed by atoms with Crippen LogP contribution in [0.15, 0.2) is 24.3 Å². The zero-order valence-electron chi connectivity index (χ0n) is 11.2. The van der Waals surface area contributed by atoms with Crippen molar-refractivity contribution < 1.29 is 9.53 Å². The second kappa shape index (κ2) is 5.54. The first kappa shape index (κ1) is 14.0. The van der Waals surface area contributed by atoms with Crippen molar-refractivity contribution in [3.63, 3.8) is 0 Å². The first-order valence-electron chi connectivity index (χ1n) is 5.77. The fraction of sp³-hybridized carbons (Fsp3) is 0.429. The number of aryl methyl sites for hydroxylation is 1. The van der Waals surface area contributed by atoms with Crippen molar-refractivity contribution in [1.82, 2.24) is 0 Å². The van der Waals surface area contributed by atoms with E-state index in [0.29, 0.717) is 5.69 Å². The number of hydrogen-bond donors (Lipinski definition) is 0. The van der Waals surface area contributed by atoms with Gasteiger partial charge in [-0.15, -0.1) is 0 Å². The summed E-state index contributed by atoms with van der Waals surface area (Å²) in [6.07, 6.45) is -0.507. The molecular weight excluding hydrogens is 228 g/mol. The van der Waals surface area contributed by atoms with Gasteiger partial charge in [0, 0.05) is 5.69 Å². The monoisotopic (exact) mass is 246 g/mol. The Bertz CT molecular complexity index is 452. The average Bonchev–Trinajstić information content (AvgIpc) is 2.25. The minimum Gasteiger partial charge on any atom is -0.443 e. The third kappa shape index (κ3) is 4.10. The Morgan fingerprint density at radius 2 is 1.89 bits per heavy atom. The molecule has 0 atom stereocenters. The summed E-state index contributed by atoms with van der Waals surface area (Å²) in [5.74, 6) is 0. The van der Waals surface area contributed by atoms with E-state index in [1.165, 1.54) is 4.90 Å². The highest BCUT2D eigenvalue weighted by Gasteiger charge is 2.23. The number of carbonyl (C=O) groups is 1. The van der Waals surface area contributed by atoms with Crippen LogP contribution < -0.4 is 4.90 Å². The third-order valence-corrected chi connectivity index (χ3v) is 2.19. The van der Waals surface area contributed by atoms with Crippen LogP contribution in [0.1, 0.15) is 26.3 Å². The highest BCUT2D eigenvalue weighted by molar-refractivity contribution is 5.88. The molecule has 0 aliphatic heterocycles. The summed E-state index contributed by atoms with van der Waals surface area (Å²) in [6.45, 7) is 7.32. The van der Waals surface area contributed by atoms with E-state index in [4.69, 9.17) is 10.00 Å². The molecule has 0 unspecified atom stereocenters. The average molecular weight is 246 g/mol. The summed E-state index contributed by atoms with van der Waals surface area (Å²) in [6, 6.07) is 9.36. The van der Waals surface area contributed by atoms with Crippen LogP contribution >= 0.6 is 0 Å². The highest BCUT2D eigenvalue weighted by atomic mass is 16.6. The largest absolute Gasteiger partial charge is 0.443 e. The number of amides is 1. The second-order valence-electron chi connectivity index (χ2n) is 5.06. The molecule has 0 N–H and O–H groups in total. The maximum Gasteiger partial charge on any atom is 0.415 e. The standard InChI is InChI=1S/C14H18N2O2/c1-11-5-7-12(8-6-11)16(10-9-15)13(17)18-14(2,3)4/h5-8H,10H2,1-4H3. The molecule has 0 saturated carbocycles. The summed E-state index contributed by atoms with van der Waals surface area (Å²) in [4.78, 5) is 13.3. The molecule has 0 saturated heterocycles. The van der Waals surface area contributed by atoms with E-state index in [0.717, 1.165) is 5.56 Å². The normalized spacial score (nSPS) is 10.6. The molecular formula is C14H18N2O2. The smallest absolute Gasteiger partial charge is 0.415 e. The van der Waals surface area contributed by atoms with E-state index >= 15 is 0 Å².